The molecular weight excluding hydrogens is 426 g/mol. The summed E-state index contributed by atoms with van der Waals surface area (Å²) in [6.07, 6.45) is 5.17. The second-order valence-corrected chi connectivity index (χ2v) is 6.88. The molecule has 0 aliphatic heterocycles. The summed E-state index contributed by atoms with van der Waals surface area (Å²) < 4.78 is 15.6. The Bertz CT molecular complexity index is 1100. The summed E-state index contributed by atoms with van der Waals surface area (Å²) in [5, 5.41) is 19.9. The minimum absolute atomic E-state index is 0.147. The Hall–Kier alpha value is -4.04. The van der Waals surface area contributed by atoms with Crippen molar-refractivity contribution in [2.24, 2.45) is 5.73 Å². The van der Waals surface area contributed by atoms with Gasteiger partial charge in [0, 0.05) is 5.56 Å². The monoisotopic (exact) mass is 453 g/mol. The van der Waals surface area contributed by atoms with E-state index in [1.165, 1.54) is 39.6 Å². The number of allylic oxidation sites excluding steroid dienone is 2. The van der Waals surface area contributed by atoms with Gasteiger partial charge in [-0.1, -0.05) is 24.3 Å². The van der Waals surface area contributed by atoms with E-state index in [0.717, 1.165) is 0 Å². The third kappa shape index (κ3) is 6.98. The average molecular weight is 453 g/mol. The Morgan fingerprint density at radius 3 is 2.03 bits per heavy atom. The molecule has 0 aromatic heterocycles. The molecule has 0 unspecified atom stereocenters. The van der Waals surface area contributed by atoms with Crippen molar-refractivity contribution in [3.05, 3.63) is 76.6 Å². The van der Waals surface area contributed by atoms with Crippen LogP contribution in [0.3, 0.4) is 0 Å². The summed E-state index contributed by atoms with van der Waals surface area (Å²) in [5.41, 5.74) is 6.98. The first kappa shape index (κ1) is 25.2. The van der Waals surface area contributed by atoms with Gasteiger partial charge in [0.05, 0.1) is 39.9 Å². The summed E-state index contributed by atoms with van der Waals surface area (Å²) in [4.78, 5) is 24.2. The molecule has 0 fully saturated rings. The molecular formula is C25H27NO7. The number of benzene rings is 2. The smallest absolute Gasteiger partial charge is 0.222 e. The lowest BCUT2D eigenvalue weighted by Gasteiger charge is -2.08. The van der Waals surface area contributed by atoms with Crippen LogP contribution in [0, 0.1) is 0 Å². The third-order valence-corrected chi connectivity index (χ3v) is 4.70. The van der Waals surface area contributed by atoms with Crippen LogP contribution in [0.5, 0.6) is 17.2 Å². The van der Waals surface area contributed by atoms with Crippen molar-refractivity contribution in [2.75, 3.05) is 21.3 Å². The van der Waals surface area contributed by atoms with Gasteiger partial charge < -0.3 is 30.2 Å². The summed E-state index contributed by atoms with van der Waals surface area (Å²) >= 11 is 0. The first-order chi connectivity index (χ1) is 15.8. The van der Waals surface area contributed by atoms with E-state index >= 15 is 0 Å². The van der Waals surface area contributed by atoms with Crippen LogP contribution >= 0.6 is 0 Å². The van der Waals surface area contributed by atoms with Crippen LogP contribution in [-0.2, 0) is 16.2 Å². The minimum Gasteiger partial charge on any atom is -0.508 e. The second kappa shape index (κ2) is 12.1. The van der Waals surface area contributed by atoms with E-state index in [4.69, 9.17) is 19.9 Å². The van der Waals surface area contributed by atoms with Crippen molar-refractivity contribution >= 4 is 23.8 Å². The molecule has 1 amide bonds. The van der Waals surface area contributed by atoms with Gasteiger partial charge in [-0.2, -0.15) is 0 Å². The van der Waals surface area contributed by atoms with E-state index in [-0.39, 0.29) is 17.9 Å². The Morgan fingerprint density at radius 1 is 0.879 bits per heavy atom. The fraction of sp³-hybridized carbons (Fsp3) is 0.200. The minimum atomic E-state index is -0.759. The van der Waals surface area contributed by atoms with Crippen LogP contribution in [0.1, 0.15) is 23.1 Å². The SMILES string of the molecule is COc1ccc(/C=C/C(=O)/C(CC(N)=O)=C(O)/C=C/c2ccc(OC)c(OC)c2)cc1CO. The Morgan fingerprint density at radius 2 is 1.45 bits per heavy atom. The number of aliphatic hydroxyl groups is 2. The maximum absolute atomic E-state index is 12.7. The third-order valence-electron chi connectivity index (χ3n) is 4.70. The quantitative estimate of drug-likeness (QED) is 0.271. The van der Waals surface area contributed by atoms with Gasteiger partial charge in [0.25, 0.3) is 0 Å². The Kier molecular flexibility index (Phi) is 9.26. The molecule has 0 radical (unpaired) electrons. The second-order valence-electron chi connectivity index (χ2n) is 6.88. The molecule has 0 atom stereocenters. The highest BCUT2D eigenvalue weighted by molar-refractivity contribution is 6.09. The number of nitrogens with two attached hydrogens (primary N) is 1. The number of methoxy groups -OCH3 is 3. The molecule has 0 bridgehead atoms. The topological polar surface area (TPSA) is 128 Å². The van der Waals surface area contributed by atoms with Gasteiger partial charge in [-0.3, -0.25) is 9.59 Å². The van der Waals surface area contributed by atoms with Crippen LogP contribution in [0.4, 0.5) is 0 Å². The van der Waals surface area contributed by atoms with Crippen LogP contribution in [0.15, 0.2) is 59.9 Å². The number of aliphatic hydroxyl groups excluding tert-OH is 2. The van der Waals surface area contributed by atoms with Crippen LogP contribution in [0.2, 0.25) is 0 Å². The summed E-state index contributed by atoms with van der Waals surface area (Å²) in [7, 11) is 4.52. The lowest BCUT2D eigenvalue weighted by Crippen LogP contribution is -2.15. The highest BCUT2D eigenvalue weighted by Crippen LogP contribution is 2.28. The fourth-order valence-electron chi connectivity index (χ4n) is 3.01. The molecule has 0 spiro atoms. The molecule has 2 aromatic rings. The molecule has 174 valence electrons. The first-order valence-electron chi connectivity index (χ1n) is 9.93. The molecule has 33 heavy (non-hydrogen) atoms. The van der Waals surface area contributed by atoms with Crippen molar-refractivity contribution in [3.8, 4) is 17.2 Å². The van der Waals surface area contributed by atoms with Crippen molar-refractivity contribution in [2.45, 2.75) is 13.0 Å². The molecule has 2 rings (SSSR count). The highest BCUT2D eigenvalue weighted by atomic mass is 16.5. The Balaban J connectivity index is 2.31. The summed E-state index contributed by atoms with van der Waals surface area (Å²) in [5.74, 6) is -0.153. The van der Waals surface area contributed by atoms with Crippen LogP contribution < -0.4 is 19.9 Å². The molecule has 0 aliphatic carbocycles. The summed E-state index contributed by atoms with van der Waals surface area (Å²) in [6, 6.07) is 10.2. The van der Waals surface area contributed by atoms with Gasteiger partial charge in [-0.25, -0.2) is 0 Å². The molecule has 0 heterocycles. The van der Waals surface area contributed by atoms with Crippen molar-refractivity contribution < 1.29 is 34.0 Å². The average Bonchev–Trinajstić information content (AvgIpc) is 2.83. The molecule has 8 nitrogen and oxygen atoms in total. The lowest BCUT2D eigenvalue weighted by atomic mass is 10.0. The predicted octanol–water partition coefficient (Wildman–Crippen LogP) is 3.19. The Labute approximate surface area is 192 Å². The van der Waals surface area contributed by atoms with E-state index in [1.807, 2.05) is 0 Å². The van der Waals surface area contributed by atoms with E-state index < -0.39 is 18.1 Å². The van der Waals surface area contributed by atoms with Crippen molar-refractivity contribution in [1.29, 1.82) is 0 Å². The number of hydrogen-bond donors (Lipinski definition) is 3. The predicted molar refractivity (Wildman–Crippen MR) is 125 cm³/mol. The van der Waals surface area contributed by atoms with Gasteiger partial charge in [0.1, 0.15) is 11.5 Å². The molecule has 4 N–H and O–H groups in total. The zero-order valence-electron chi connectivity index (χ0n) is 18.7. The van der Waals surface area contributed by atoms with E-state index in [1.54, 1.807) is 42.5 Å². The number of carbonyl (C=O) groups is 2. The number of carbonyl (C=O) groups excluding carboxylic acids is 2. The van der Waals surface area contributed by atoms with Gasteiger partial charge >= 0.3 is 0 Å². The highest BCUT2D eigenvalue weighted by Gasteiger charge is 2.15. The van der Waals surface area contributed by atoms with E-state index in [0.29, 0.717) is 33.9 Å². The first-order valence-corrected chi connectivity index (χ1v) is 9.93. The molecule has 2 aromatic carbocycles. The van der Waals surface area contributed by atoms with Crippen LogP contribution in [0.25, 0.3) is 12.2 Å². The number of ether oxygens (including phenoxy) is 3. The molecule has 0 saturated heterocycles. The number of rotatable bonds is 11. The van der Waals surface area contributed by atoms with Gasteiger partial charge in [-0.15, -0.1) is 0 Å². The normalized spacial score (nSPS) is 12.0. The zero-order valence-corrected chi connectivity index (χ0v) is 18.7. The van der Waals surface area contributed by atoms with Crippen molar-refractivity contribution in [3.63, 3.8) is 0 Å². The van der Waals surface area contributed by atoms with Crippen LogP contribution in [-0.4, -0.2) is 43.2 Å². The zero-order chi connectivity index (χ0) is 24.4. The summed E-state index contributed by atoms with van der Waals surface area (Å²) in [6.45, 7) is -0.229. The van der Waals surface area contributed by atoms with Crippen molar-refractivity contribution in [1.82, 2.24) is 0 Å². The fourth-order valence-corrected chi connectivity index (χ4v) is 3.01. The lowest BCUT2D eigenvalue weighted by molar-refractivity contribution is -0.119. The standard InChI is InChI=1S/C25H27NO7/c1-31-22-10-6-16(12-18(22)15-27)4-8-20(28)19(14-25(26)30)21(29)9-5-17-7-11-23(32-2)24(13-17)33-3/h4-13,27,29H,14-15H2,1-3H3,(H2,26,30)/b8-4+,9-5+,21-19-. The van der Waals surface area contributed by atoms with E-state index in [9.17, 15) is 19.8 Å². The van der Waals surface area contributed by atoms with E-state index in [2.05, 4.69) is 0 Å². The maximum atomic E-state index is 12.7. The maximum Gasteiger partial charge on any atom is 0.222 e. The number of amides is 1. The molecule has 8 heteroatoms. The number of hydrogen-bond acceptors (Lipinski definition) is 7. The van der Waals surface area contributed by atoms with Gasteiger partial charge in [0.2, 0.25) is 5.91 Å². The molecule has 0 saturated carbocycles. The van der Waals surface area contributed by atoms with Gasteiger partial charge in [0.15, 0.2) is 17.3 Å². The number of primary amides is 1. The molecule has 0 aliphatic rings. The number of ketones is 1. The largest absolute Gasteiger partial charge is 0.508 e. The van der Waals surface area contributed by atoms with Gasteiger partial charge in [-0.05, 0) is 47.5 Å².